The summed E-state index contributed by atoms with van der Waals surface area (Å²) in [7, 11) is 0. The molecule has 0 bridgehead atoms. The summed E-state index contributed by atoms with van der Waals surface area (Å²) >= 11 is 0. The highest BCUT2D eigenvalue weighted by Gasteiger charge is 2.26. The first-order chi connectivity index (χ1) is 10.4. The highest BCUT2D eigenvalue weighted by atomic mass is 16.6. The second kappa shape index (κ2) is 6.43. The van der Waals surface area contributed by atoms with Gasteiger partial charge in [-0.2, -0.15) is 0 Å². The number of hydrogen-bond acceptors (Lipinski definition) is 4. The third-order valence-electron chi connectivity index (χ3n) is 2.80. The standard InChI is InChI=1S/C16H19N3O3/c1-16(2,3)22-15(21)18-13(12-7-5-4-6-8-12)14(20)19-10-9-17-11-19/h4-11,13H,1-3H3,(H,18,21)/t13-/m0/s1. The van der Waals surface area contributed by atoms with Gasteiger partial charge in [-0.05, 0) is 26.3 Å². The number of alkyl carbamates (subject to hydrolysis) is 1. The van der Waals surface area contributed by atoms with E-state index in [1.165, 1.54) is 23.3 Å². The lowest BCUT2D eigenvalue weighted by molar-refractivity contribution is 0.0481. The molecule has 1 heterocycles. The molecule has 0 spiro atoms. The van der Waals surface area contributed by atoms with E-state index in [0.717, 1.165) is 0 Å². The maximum Gasteiger partial charge on any atom is 0.408 e. The lowest BCUT2D eigenvalue weighted by Crippen LogP contribution is -2.39. The zero-order chi connectivity index (χ0) is 16.2. The van der Waals surface area contributed by atoms with Crippen LogP contribution < -0.4 is 5.32 Å². The number of rotatable bonds is 3. The Labute approximate surface area is 129 Å². The number of benzene rings is 1. The Hall–Kier alpha value is -2.63. The number of amides is 1. The van der Waals surface area contributed by atoms with Crippen LogP contribution in [0.15, 0.2) is 49.1 Å². The van der Waals surface area contributed by atoms with Crippen molar-refractivity contribution in [2.45, 2.75) is 32.4 Å². The van der Waals surface area contributed by atoms with Crippen LogP contribution in [0.25, 0.3) is 0 Å². The lowest BCUT2D eigenvalue weighted by Gasteiger charge is -2.23. The summed E-state index contributed by atoms with van der Waals surface area (Å²) in [5.74, 6) is -0.311. The third kappa shape index (κ3) is 4.18. The van der Waals surface area contributed by atoms with Gasteiger partial charge >= 0.3 is 6.09 Å². The van der Waals surface area contributed by atoms with Gasteiger partial charge in [0, 0.05) is 12.4 Å². The first kappa shape index (κ1) is 15.8. The van der Waals surface area contributed by atoms with Crippen molar-refractivity contribution in [1.29, 1.82) is 0 Å². The minimum atomic E-state index is -0.842. The van der Waals surface area contributed by atoms with Gasteiger partial charge in [-0.3, -0.25) is 9.36 Å². The molecule has 0 saturated carbocycles. The second-order valence-electron chi connectivity index (χ2n) is 5.80. The third-order valence-corrected chi connectivity index (χ3v) is 2.80. The topological polar surface area (TPSA) is 73.2 Å². The van der Waals surface area contributed by atoms with Crippen LogP contribution in [0.4, 0.5) is 4.79 Å². The van der Waals surface area contributed by atoms with Gasteiger partial charge in [-0.15, -0.1) is 0 Å². The molecular weight excluding hydrogens is 282 g/mol. The van der Waals surface area contributed by atoms with Crippen molar-refractivity contribution in [3.63, 3.8) is 0 Å². The summed E-state index contributed by atoms with van der Waals surface area (Å²) in [4.78, 5) is 28.4. The molecular formula is C16H19N3O3. The van der Waals surface area contributed by atoms with Crippen molar-refractivity contribution in [1.82, 2.24) is 14.9 Å². The van der Waals surface area contributed by atoms with Crippen molar-refractivity contribution in [3.8, 4) is 0 Å². The lowest BCUT2D eigenvalue weighted by atomic mass is 10.1. The van der Waals surface area contributed by atoms with Crippen LogP contribution in [0.1, 0.15) is 37.2 Å². The molecule has 22 heavy (non-hydrogen) atoms. The number of hydrogen-bond donors (Lipinski definition) is 1. The number of nitrogens with zero attached hydrogens (tertiary/aromatic N) is 2. The smallest absolute Gasteiger partial charge is 0.408 e. The SMILES string of the molecule is CC(C)(C)OC(=O)N[C@H](C(=O)n1ccnc1)c1ccccc1. The van der Waals surface area contributed by atoms with Crippen LogP contribution in [0.2, 0.25) is 0 Å². The van der Waals surface area contributed by atoms with Gasteiger partial charge in [-0.1, -0.05) is 30.3 Å². The number of carbonyl (C=O) groups is 2. The van der Waals surface area contributed by atoms with Crippen LogP contribution in [0.3, 0.4) is 0 Å². The Morgan fingerprint density at radius 2 is 1.91 bits per heavy atom. The molecule has 0 saturated heterocycles. The second-order valence-corrected chi connectivity index (χ2v) is 5.80. The van der Waals surface area contributed by atoms with Crippen molar-refractivity contribution >= 4 is 12.0 Å². The van der Waals surface area contributed by atoms with E-state index >= 15 is 0 Å². The monoisotopic (exact) mass is 301 g/mol. The summed E-state index contributed by atoms with van der Waals surface area (Å²) in [6.45, 7) is 5.30. The molecule has 0 aliphatic carbocycles. The van der Waals surface area contributed by atoms with Gasteiger partial charge in [0.2, 0.25) is 0 Å². The molecule has 0 radical (unpaired) electrons. The Balaban J connectivity index is 2.23. The Morgan fingerprint density at radius 3 is 2.45 bits per heavy atom. The molecule has 0 aliphatic rings. The van der Waals surface area contributed by atoms with Crippen molar-refractivity contribution in [2.24, 2.45) is 0 Å². The van der Waals surface area contributed by atoms with E-state index in [9.17, 15) is 9.59 Å². The Morgan fingerprint density at radius 1 is 1.23 bits per heavy atom. The van der Waals surface area contributed by atoms with E-state index in [2.05, 4.69) is 10.3 Å². The molecule has 6 heteroatoms. The van der Waals surface area contributed by atoms with E-state index in [-0.39, 0.29) is 5.91 Å². The van der Waals surface area contributed by atoms with E-state index in [1.54, 1.807) is 45.0 Å². The van der Waals surface area contributed by atoms with E-state index in [0.29, 0.717) is 5.56 Å². The number of ether oxygens (including phenoxy) is 1. The van der Waals surface area contributed by atoms with Crippen LogP contribution in [0.5, 0.6) is 0 Å². The first-order valence-corrected chi connectivity index (χ1v) is 6.93. The van der Waals surface area contributed by atoms with Crippen molar-refractivity contribution < 1.29 is 14.3 Å². The quantitative estimate of drug-likeness (QED) is 0.946. The normalized spacial score (nSPS) is 12.5. The summed E-state index contributed by atoms with van der Waals surface area (Å²) in [5.41, 5.74) is 0.0377. The zero-order valence-electron chi connectivity index (χ0n) is 12.8. The fourth-order valence-corrected chi connectivity index (χ4v) is 1.90. The molecule has 2 rings (SSSR count). The Bertz CT molecular complexity index is 630. The molecule has 0 fully saturated rings. The summed E-state index contributed by atoms with van der Waals surface area (Å²) in [6, 6.07) is 8.16. The number of carbonyl (C=O) groups excluding carboxylic acids is 2. The molecule has 2 aromatic rings. The predicted molar refractivity (Wildman–Crippen MR) is 81.4 cm³/mol. The van der Waals surface area contributed by atoms with Crippen molar-refractivity contribution in [2.75, 3.05) is 0 Å². The maximum absolute atomic E-state index is 12.6. The van der Waals surface area contributed by atoms with E-state index in [4.69, 9.17) is 4.74 Å². The van der Waals surface area contributed by atoms with Gasteiger partial charge in [0.05, 0.1) is 0 Å². The highest BCUT2D eigenvalue weighted by molar-refractivity contribution is 5.88. The van der Waals surface area contributed by atoms with Gasteiger partial charge in [-0.25, -0.2) is 9.78 Å². The summed E-state index contributed by atoms with van der Waals surface area (Å²) in [5, 5.41) is 2.62. The van der Waals surface area contributed by atoms with Crippen LogP contribution in [-0.4, -0.2) is 27.2 Å². The fraction of sp³-hybridized carbons (Fsp3) is 0.312. The summed E-state index contributed by atoms with van der Waals surface area (Å²) in [6.07, 6.45) is 3.80. The largest absolute Gasteiger partial charge is 0.444 e. The molecule has 1 atom stereocenters. The minimum Gasteiger partial charge on any atom is -0.444 e. The molecule has 116 valence electrons. The van der Waals surface area contributed by atoms with E-state index in [1.807, 2.05) is 6.07 Å². The number of nitrogens with one attached hydrogen (secondary N) is 1. The molecule has 1 N–H and O–H groups in total. The molecule has 0 unspecified atom stereocenters. The molecule has 1 amide bonds. The average Bonchev–Trinajstić information content (AvgIpc) is 2.97. The summed E-state index contributed by atoms with van der Waals surface area (Å²) < 4.78 is 6.56. The van der Waals surface area contributed by atoms with Crippen LogP contribution in [0, 0.1) is 0 Å². The fourth-order valence-electron chi connectivity index (χ4n) is 1.90. The first-order valence-electron chi connectivity index (χ1n) is 6.93. The molecule has 1 aromatic heterocycles. The van der Waals surface area contributed by atoms with Crippen molar-refractivity contribution in [3.05, 3.63) is 54.6 Å². The van der Waals surface area contributed by atoms with Crippen LogP contribution in [-0.2, 0) is 4.74 Å². The zero-order valence-corrected chi connectivity index (χ0v) is 12.8. The average molecular weight is 301 g/mol. The number of aromatic nitrogens is 2. The number of imidazole rings is 1. The molecule has 0 aliphatic heterocycles. The molecule has 1 aromatic carbocycles. The Kier molecular flexibility index (Phi) is 4.60. The molecule has 6 nitrogen and oxygen atoms in total. The van der Waals surface area contributed by atoms with Gasteiger partial charge in [0.25, 0.3) is 5.91 Å². The van der Waals surface area contributed by atoms with Crippen LogP contribution >= 0.6 is 0 Å². The van der Waals surface area contributed by atoms with Gasteiger partial charge < -0.3 is 10.1 Å². The van der Waals surface area contributed by atoms with E-state index < -0.39 is 17.7 Å². The highest BCUT2D eigenvalue weighted by Crippen LogP contribution is 2.16. The maximum atomic E-state index is 12.6. The van der Waals surface area contributed by atoms with Gasteiger partial charge in [0.1, 0.15) is 18.0 Å². The minimum absolute atomic E-state index is 0.311. The predicted octanol–water partition coefficient (Wildman–Crippen LogP) is 2.79. The van der Waals surface area contributed by atoms with Gasteiger partial charge in [0.15, 0.2) is 0 Å².